The van der Waals surface area contributed by atoms with Crippen molar-refractivity contribution < 1.29 is 33.7 Å². The molecule has 4 aromatic carbocycles. The molecule has 0 aromatic heterocycles. The van der Waals surface area contributed by atoms with E-state index >= 15 is 0 Å². The van der Waals surface area contributed by atoms with Gasteiger partial charge in [-0.15, -0.1) is 0 Å². The van der Waals surface area contributed by atoms with Crippen LogP contribution in [0, 0.1) is 5.92 Å². The van der Waals surface area contributed by atoms with Gasteiger partial charge in [-0.25, -0.2) is 9.59 Å². The highest BCUT2D eigenvalue weighted by Gasteiger charge is 2.30. The SMILES string of the molecule is COc1ccc(C[C@@H](NC(=O)OCC2c3ccccc3-c3ccccc32)/C(C)=C(\C)[C@@H](CCCNC(=O)OCc2ccccc2)C(=O)O)cc1. The maximum Gasteiger partial charge on any atom is 0.407 e. The lowest BCUT2D eigenvalue weighted by Gasteiger charge is -2.25. The van der Waals surface area contributed by atoms with Crippen molar-refractivity contribution >= 4 is 18.2 Å². The van der Waals surface area contributed by atoms with Crippen molar-refractivity contribution in [3.8, 4) is 16.9 Å². The van der Waals surface area contributed by atoms with E-state index in [2.05, 4.69) is 34.9 Å². The molecule has 50 heavy (non-hydrogen) atoms. The summed E-state index contributed by atoms with van der Waals surface area (Å²) in [6, 6.07) is 32.7. The Kier molecular flexibility index (Phi) is 12.3. The van der Waals surface area contributed by atoms with Gasteiger partial charge in [-0.3, -0.25) is 4.79 Å². The first-order valence-electron chi connectivity index (χ1n) is 16.8. The van der Waals surface area contributed by atoms with Crippen molar-refractivity contribution in [2.45, 2.75) is 51.7 Å². The smallest absolute Gasteiger partial charge is 0.407 e. The molecular weight excluding hydrogens is 632 g/mol. The van der Waals surface area contributed by atoms with Crippen molar-refractivity contribution in [2.75, 3.05) is 20.3 Å². The number of fused-ring (bicyclic) bond motifs is 3. The number of hydrogen-bond acceptors (Lipinski definition) is 6. The molecule has 9 heteroatoms. The fraction of sp³-hybridized carbons (Fsp3) is 0.293. The number of benzene rings is 4. The predicted molar refractivity (Wildman–Crippen MR) is 192 cm³/mol. The van der Waals surface area contributed by atoms with Crippen molar-refractivity contribution in [2.24, 2.45) is 5.92 Å². The summed E-state index contributed by atoms with van der Waals surface area (Å²) in [6.07, 6.45) is -0.0140. The number of rotatable bonds is 15. The van der Waals surface area contributed by atoms with Gasteiger partial charge in [0.1, 0.15) is 19.0 Å². The number of alkyl carbamates (subject to hydrolysis) is 2. The third-order valence-electron chi connectivity index (χ3n) is 9.35. The van der Waals surface area contributed by atoms with Crippen molar-refractivity contribution in [1.29, 1.82) is 0 Å². The Morgan fingerprint density at radius 1 is 0.740 bits per heavy atom. The number of ether oxygens (including phenoxy) is 3. The van der Waals surface area contributed by atoms with Crippen molar-refractivity contribution in [1.82, 2.24) is 10.6 Å². The van der Waals surface area contributed by atoms with Crippen LogP contribution in [0.3, 0.4) is 0 Å². The zero-order chi connectivity index (χ0) is 35.5. The lowest BCUT2D eigenvalue weighted by Crippen LogP contribution is -2.39. The first-order chi connectivity index (χ1) is 24.2. The number of amides is 2. The van der Waals surface area contributed by atoms with E-state index in [0.717, 1.165) is 39.0 Å². The first-order valence-corrected chi connectivity index (χ1v) is 16.8. The molecule has 1 aliphatic rings. The number of hydrogen-bond donors (Lipinski definition) is 3. The van der Waals surface area contributed by atoms with E-state index in [1.54, 1.807) is 14.0 Å². The molecule has 0 radical (unpaired) electrons. The topological polar surface area (TPSA) is 123 Å². The summed E-state index contributed by atoms with van der Waals surface area (Å²) in [5.41, 5.74) is 7.70. The maximum absolute atomic E-state index is 13.4. The second kappa shape index (κ2) is 17.2. The summed E-state index contributed by atoms with van der Waals surface area (Å²) in [7, 11) is 1.60. The van der Waals surface area contributed by atoms with Crippen LogP contribution in [0.15, 0.2) is 114 Å². The molecular formula is C41H44N2O7. The Balaban J connectivity index is 1.25. The molecule has 0 fully saturated rings. The average Bonchev–Trinajstić information content (AvgIpc) is 3.46. The zero-order valence-corrected chi connectivity index (χ0v) is 28.7. The molecule has 2 atom stereocenters. The summed E-state index contributed by atoms with van der Waals surface area (Å²) in [5.74, 6) is -1.17. The first kappa shape index (κ1) is 35.7. The molecule has 260 valence electrons. The minimum Gasteiger partial charge on any atom is -0.497 e. The molecule has 0 unspecified atom stereocenters. The fourth-order valence-corrected chi connectivity index (χ4v) is 6.44. The van der Waals surface area contributed by atoms with Gasteiger partial charge in [-0.1, -0.05) is 102 Å². The third kappa shape index (κ3) is 9.11. The van der Waals surface area contributed by atoms with Gasteiger partial charge in [0.25, 0.3) is 0 Å². The van der Waals surface area contributed by atoms with Gasteiger partial charge in [-0.2, -0.15) is 0 Å². The third-order valence-corrected chi connectivity index (χ3v) is 9.35. The molecule has 9 nitrogen and oxygen atoms in total. The van der Waals surface area contributed by atoms with Gasteiger partial charge in [-0.05, 0) is 78.6 Å². The summed E-state index contributed by atoms with van der Waals surface area (Å²) < 4.78 is 16.4. The van der Waals surface area contributed by atoms with Crippen LogP contribution >= 0.6 is 0 Å². The maximum atomic E-state index is 13.4. The number of methoxy groups -OCH3 is 1. The molecule has 0 bridgehead atoms. The van der Waals surface area contributed by atoms with Gasteiger partial charge >= 0.3 is 18.2 Å². The van der Waals surface area contributed by atoms with Crippen LogP contribution in [0.1, 0.15) is 54.9 Å². The monoisotopic (exact) mass is 676 g/mol. The molecule has 3 N–H and O–H groups in total. The number of aliphatic carboxylic acids is 1. The van der Waals surface area contributed by atoms with Crippen LogP contribution in [-0.4, -0.2) is 49.6 Å². The van der Waals surface area contributed by atoms with E-state index in [0.29, 0.717) is 24.2 Å². The van der Waals surface area contributed by atoms with E-state index in [1.807, 2.05) is 85.8 Å². The number of carbonyl (C=O) groups is 3. The van der Waals surface area contributed by atoms with E-state index in [-0.39, 0.29) is 32.1 Å². The minimum atomic E-state index is -0.974. The lowest BCUT2D eigenvalue weighted by molar-refractivity contribution is -0.140. The molecule has 1 aliphatic carbocycles. The van der Waals surface area contributed by atoms with Crippen LogP contribution in [0.4, 0.5) is 9.59 Å². The quantitative estimate of drug-likeness (QED) is 0.0865. The number of nitrogens with one attached hydrogen (secondary N) is 2. The lowest BCUT2D eigenvalue weighted by atomic mass is 9.87. The second-order valence-electron chi connectivity index (χ2n) is 12.5. The highest BCUT2D eigenvalue weighted by atomic mass is 16.6. The molecule has 5 rings (SSSR count). The largest absolute Gasteiger partial charge is 0.497 e. The average molecular weight is 677 g/mol. The van der Waals surface area contributed by atoms with Crippen molar-refractivity contribution in [3.63, 3.8) is 0 Å². The molecule has 0 saturated carbocycles. The summed E-state index contributed by atoms with van der Waals surface area (Å²) in [4.78, 5) is 38.1. The van der Waals surface area contributed by atoms with Crippen molar-refractivity contribution in [3.05, 3.63) is 137 Å². The highest BCUT2D eigenvalue weighted by molar-refractivity contribution is 5.79. The summed E-state index contributed by atoms with van der Waals surface area (Å²) in [5, 5.41) is 16.0. The molecule has 0 heterocycles. The summed E-state index contributed by atoms with van der Waals surface area (Å²) >= 11 is 0. The highest BCUT2D eigenvalue weighted by Crippen LogP contribution is 2.44. The molecule has 0 saturated heterocycles. The molecule has 0 aliphatic heterocycles. The van der Waals surface area contributed by atoms with Crippen LogP contribution in [0.5, 0.6) is 5.75 Å². The van der Waals surface area contributed by atoms with Gasteiger partial charge < -0.3 is 30.0 Å². The predicted octanol–water partition coefficient (Wildman–Crippen LogP) is 7.89. The van der Waals surface area contributed by atoms with E-state index in [1.165, 1.54) is 0 Å². The van der Waals surface area contributed by atoms with Gasteiger partial charge in [0.05, 0.1) is 19.1 Å². The van der Waals surface area contributed by atoms with Gasteiger partial charge in [0.15, 0.2) is 0 Å². The Bertz CT molecular complexity index is 1760. The molecule has 2 amide bonds. The van der Waals surface area contributed by atoms with E-state index in [4.69, 9.17) is 14.2 Å². The van der Waals surface area contributed by atoms with E-state index < -0.39 is 30.1 Å². The zero-order valence-electron chi connectivity index (χ0n) is 28.7. The Morgan fingerprint density at radius 3 is 1.98 bits per heavy atom. The molecule has 0 spiro atoms. The Hall–Kier alpha value is -5.57. The summed E-state index contributed by atoms with van der Waals surface area (Å²) in [6.45, 7) is 4.21. The van der Waals surface area contributed by atoms with Crippen LogP contribution < -0.4 is 15.4 Å². The van der Waals surface area contributed by atoms with E-state index in [9.17, 15) is 19.5 Å². The Morgan fingerprint density at radius 2 is 1.36 bits per heavy atom. The van der Waals surface area contributed by atoms with Crippen LogP contribution in [0.2, 0.25) is 0 Å². The van der Waals surface area contributed by atoms with Gasteiger partial charge in [0, 0.05) is 12.5 Å². The second-order valence-corrected chi connectivity index (χ2v) is 12.5. The van der Waals surface area contributed by atoms with Crippen LogP contribution in [0.25, 0.3) is 11.1 Å². The van der Waals surface area contributed by atoms with Crippen LogP contribution in [-0.2, 0) is 27.3 Å². The Labute approximate surface area is 293 Å². The number of carboxylic acids is 1. The number of carbonyl (C=O) groups excluding carboxylic acids is 2. The standard InChI is InChI=1S/C41H44N2O7/c1-27(32(39(44)45)18-11-23-42-40(46)49-25-30-12-5-4-6-13-30)28(2)38(24-29-19-21-31(48-3)22-20-29)43-41(47)50-26-37-35-16-9-7-14-33(35)34-15-8-10-17-36(34)37/h4-10,12-17,19-22,32,37-38H,11,18,23-26H2,1-3H3,(H,42,46)(H,43,47)(H,44,45)/b28-27+/t32-,38-/m1/s1. The normalized spacial score (nSPS) is 13.6. The fourth-order valence-electron chi connectivity index (χ4n) is 6.44. The number of carboxylic acid groups (broad SMARTS) is 1. The minimum absolute atomic E-state index is 0.0906. The molecule has 4 aromatic rings. The van der Waals surface area contributed by atoms with Gasteiger partial charge in [0.2, 0.25) is 0 Å².